The zero-order chi connectivity index (χ0) is 16.9. The number of carbonyl (C=O) groups is 2. The van der Waals surface area contributed by atoms with Crippen LogP contribution in [0.3, 0.4) is 0 Å². The van der Waals surface area contributed by atoms with Crippen LogP contribution in [0.25, 0.3) is 0 Å². The Morgan fingerprint density at radius 1 is 1.29 bits per heavy atom. The predicted octanol–water partition coefficient (Wildman–Crippen LogP) is 1.36. The molecule has 2 heterocycles. The van der Waals surface area contributed by atoms with Crippen LogP contribution in [0.15, 0.2) is 36.5 Å². The second-order valence-corrected chi connectivity index (χ2v) is 6.76. The third-order valence-electron chi connectivity index (χ3n) is 3.84. The van der Waals surface area contributed by atoms with E-state index in [1.807, 2.05) is 30.3 Å². The summed E-state index contributed by atoms with van der Waals surface area (Å²) < 4.78 is 1.62. The van der Waals surface area contributed by atoms with Crippen LogP contribution in [0.2, 0.25) is 0 Å². The number of benzene rings is 1. The lowest BCUT2D eigenvalue weighted by Crippen LogP contribution is -2.47. The molecule has 1 amide bonds. The van der Waals surface area contributed by atoms with Gasteiger partial charge in [0, 0.05) is 18.1 Å². The second-order valence-electron chi connectivity index (χ2n) is 5.61. The SMILES string of the molecule is O=C(O)CC1CSCCN1C(=O)c1cn(Cc2ccccc2)nn1. The Morgan fingerprint density at radius 3 is 2.83 bits per heavy atom. The topological polar surface area (TPSA) is 88.3 Å². The first-order chi connectivity index (χ1) is 11.6. The summed E-state index contributed by atoms with van der Waals surface area (Å²) in [6, 6.07) is 9.49. The fourth-order valence-electron chi connectivity index (χ4n) is 2.68. The minimum atomic E-state index is -0.895. The van der Waals surface area contributed by atoms with Crippen molar-refractivity contribution >= 4 is 23.6 Å². The maximum absolute atomic E-state index is 12.7. The van der Waals surface area contributed by atoms with Gasteiger partial charge in [0.1, 0.15) is 0 Å². The second kappa shape index (κ2) is 7.48. The van der Waals surface area contributed by atoms with Crippen LogP contribution < -0.4 is 0 Å². The van der Waals surface area contributed by atoms with E-state index in [1.54, 1.807) is 27.5 Å². The summed E-state index contributed by atoms with van der Waals surface area (Å²) in [6.07, 6.45) is 1.58. The molecule has 1 fully saturated rings. The lowest BCUT2D eigenvalue weighted by Gasteiger charge is -2.34. The van der Waals surface area contributed by atoms with E-state index in [0.29, 0.717) is 18.8 Å². The van der Waals surface area contributed by atoms with Gasteiger partial charge in [0.25, 0.3) is 5.91 Å². The Morgan fingerprint density at radius 2 is 2.08 bits per heavy atom. The molecule has 1 aromatic carbocycles. The number of aromatic nitrogens is 3. The van der Waals surface area contributed by atoms with Gasteiger partial charge < -0.3 is 10.0 Å². The van der Waals surface area contributed by atoms with Gasteiger partial charge >= 0.3 is 5.97 Å². The zero-order valence-corrected chi connectivity index (χ0v) is 13.9. The maximum Gasteiger partial charge on any atom is 0.305 e. The molecular formula is C16H18N4O3S. The van der Waals surface area contributed by atoms with Crippen LogP contribution in [0, 0.1) is 0 Å². The highest BCUT2D eigenvalue weighted by Crippen LogP contribution is 2.20. The average molecular weight is 346 g/mol. The number of aliphatic carboxylic acids is 1. The molecule has 0 saturated carbocycles. The van der Waals surface area contributed by atoms with Gasteiger partial charge in [0.05, 0.1) is 25.2 Å². The predicted molar refractivity (Wildman–Crippen MR) is 90.0 cm³/mol. The van der Waals surface area contributed by atoms with Crippen molar-refractivity contribution in [1.82, 2.24) is 19.9 Å². The van der Waals surface area contributed by atoms with E-state index >= 15 is 0 Å². The van der Waals surface area contributed by atoms with Gasteiger partial charge in [-0.3, -0.25) is 9.59 Å². The van der Waals surface area contributed by atoms with Crippen LogP contribution in [0.5, 0.6) is 0 Å². The van der Waals surface area contributed by atoms with Crippen LogP contribution in [-0.4, -0.2) is 61.0 Å². The van der Waals surface area contributed by atoms with Gasteiger partial charge in [0.2, 0.25) is 0 Å². The van der Waals surface area contributed by atoms with Crippen LogP contribution >= 0.6 is 11.8 Å². The number of thioether (sulfide) groups is 1. The largest absolute Gasteiger partial charge is 0.481 e. The molecule has 7 nitrogen and oxygen atoms in total. The van der Waals surface area contributed by atoms with Crippen molar-refractivity contribution in [3.63, 3.8) is 0 Å². The summed E-state index contributed by atoms with van der Waals surface area (Å²) >= 11 is 1.67. The van der Waals surface area contributed by atoms with E-state index in [0.717, 1.165) is 11.3 Å². The summed E-state index contributed by atoms with van der Waals surface area (Å²) in [4.78, 5) is 25.3. The third kappa shape index (κ3) is 3.94. The fourth-order valence-corrected chi connectivity index (χ4v) is 3.75. The van der Waals surface area contributed by atoms with Crippen molar-refractivity contribution < 1.29 is 14.7 Å². The number of carbonyl (C=O) groups excluding carboxylic acids is 1. The Kier molecular flexibility index (Phi) is 5.14. The van der Waals surface area contributed by atoms with E-state index in [1.165, 1.54) is 0 Å². The number of rotatable bonds is 5. The van der Waals surface area contributed by atoms with E-state index < -0.39 is 5.97 Å². The van der Waals surface area contributed by atoms with Gasteiger partial charge in [0.15, 0.2) is 5.69 Å². The van der Waals surface area contributed by atoms with Gasteiger partial charge in [-0.05, 0) is 5.56 Å². The summed E-state index contributed by atoms with van der Waals surface area (Å²) in [7, 11) is 0. The monoisotopic (exact) mass is 346 g/mol. The molecule has 0 radical (unpaired) electrons. The molecule has 1 N–H and O–H groups in total. The number of hydrogen-bond acceptors (Lipinski definition) is 5. The Hall–Kier alpha value is -2.35. The molecule has 0 spiro atoms. The molecule has 2 aromatic rings. The zero-order valence-electron chi connectivity index (χ0n) is 13.0. The van der Waals surface area contributed by atoms with Gasteiger partial charge in [-0.25, -0.2) is 4.68 Å². The molecular weight excluding hydrogens is 328 g/mol. The van der Waals surface area contributed by atoms with E-state index in [-0.39, 0.29) is 24.1 Å². The number of nitrogens with zero attached hydrogens (tertiary/aromatic N) is 4. The van der Waals surface area contributed by atoms with Crippen LogP contribution in [0.4, 0.5) is 0 Å². The number of carboxylic acids is 1. The molecule has 3 rings (SSSR count). The highest BCUT2D eigenvalue weighted by molar-refractivity contribution is 7.99. The Bertz CT molecular complexity index is 719. The third-order valence-corrected chi connectivity index (χ3v) is 4.94. The van der Waals surface area contributed by atoms with Crippen molar-refractivity contribution in [1.29, 1.82) is 0 Å². The molecule has 1 aromatic heterocycles. The quantitative estimate of drug-likeness (QED) is 0.879. The van der Waals surface area contributed by atoms with Crippen LogP contribution in [-0.2, 0) is 11.3 Å². The van der Waals surface area contributed by atoms with Crippen molar-refractivity contribution in [3.8, 4) is 0 Å². The summed E-state index contributed by atoms with van der Waals surface area (Å²) in [5.74, 6) is 0.296. The lowest BCUT2D eigenvalue weighted by atomic mass is 10.2. The molecule has 1 saturated heterocycles. The lowest BCUT2D eigenvalue weighted by molar-refractivity contribution is -0.138. The van der Waals surface area contributed by atoms with Crippen molar-refractivity contribution in [2.45, 2.75) is 19.0 Å². The molecule has 1 unspecified atom stereocenters. The van der Waals surface area contributed by atoms with E-state index in [9.17, 15) is 9.59 Å². The van der Waals surface area contributed by atoms with Gasteiger partial charge in [-0.2, -0.15) is 11.8 Å². The number of carboxylic acid groups (broad SMARTS) is 1. The van der Waals surface area contributed by atoms with Gasteiger partial charge in [-0.1, -0.05) is 35.5 Å². The highest BCUT2D eigenvalue weighted by atomic mass is 32.2. The standard InChI is InChI=1S/C16H18N4O3S/c21-15(22)8-13-11-24-7-6-20(13)16(23)14-10-19(18-17-14)9-12-4-2-1-3-5-12/h1-5,10,13H,6-9,11H2,(H,21,22). The van der Waals surface area contributed by atoms with E-state index in [2.05, 4.69) is 10.3 Å². The number of amides is 1. The maximum atomic E-state index is 12.7. The summed E-state index contributed by atoms with van der Waals surface area (Å²) in [5, 5.41) is 17.0. The van der Waals surface area contributed by atoms with Crippen LogP contribution in [0.1, 0.15) is 22.5 Å². The van der Waals surface area contributed by atoms with Crippen molar-refractivity contribution in [2.75, 3.05) is 18.1 Å². The van der Waals surface area contributed by atoms with E-state index in [4.69, 9.17) is 5.11 Å². The molecule has 1 atom stereocenters. The van der Waals surface area contributed by atoms with Crippen molar-refractivity contribution in [2.24, 2.45) is 0 Å². The molecule has 0 aliphatic carbocycles. The van der Waals surface area contributed by atoms with Crippen molar-refractivity contribution in [3.05, 3.63) is 47.8 Å². The molecule has 126 valence electrons. The first kappa shape index (κ1) is 16.5. The fraction of sp³-hybridized carbons (Fsp3) is 0.375. The Balaban J connectivity index is 1.71. The first-order valence-corrected chi connectivity index (χ1v) is 8.83. The smallest absolute Gasteiger partial charge is 0.305 e. The normalized spacial score (nSPS) is 17.7. The highest BCUT2D eigenvalue weighted by Gasteiger charge is 2.30. The molecule has 8 heteroatoms. The molecule has 24 heavy (non-hydrogen) atoms. The minimum absolute atomic E-state index is 0.0447. The summed E-state index contributed by atoms with van der Waals surface area (Å²) in [6.45, 7) is 1.07. The number of hydrogen-bond donors (Lipinski definition) is 1. The molecule has 1 aliphatic heterocycles. The average Bonchev–Trinajstić information content (AvgIpc) is 3.03. The Labute approximate surface area is 143 Å². The molecule has 1 aliphatic rings. The van der Waals surface area contributed by atoms with Gasteiger partial charge in [-0.15, -0.1) is 5.10 Å². The first-order valence-electron chi connectivity index (χ1n) is 7.68. The minimum Gasteiger partial charge on any atom is -0.481 e. The molecule has 0 bridgehead atoms. The summed E-state index contributed by atoms with van der Waals surface area (Å²) in [5.41, 5.74) is 1.33.